The van der Waals surface area contributed by atoms with Gasteiger partial charge in [0.1, 0.15) is 12.1 Å². The Labute approximate surface area is 171 Å². The third-order valence-electron chi connectivity index (χ3n) is 5.28. The quantitative estimate of drug-likeness (QED) is 0.662. The number of aliphatic hydroxyl groups is 1. The number of hydrogen-bond acceptors (Lipinski definition) is 5. The van der Waals surface area contributed by atoms with E-state index in [2.05, 4.69) is 15.3 Å². The second-order valence-electron chi connectivity index (χ2n) is 7.18. The maximum Gasteiger partial charge on any atom is 0.416 e. The molecule has 4 rings (SSSR count). The number of rotatable bonds is 4. The minimum Gasteiger partial charge on any atom is -0.390 e. The normalized spacial score (nSPS) is 18.7. The lowest BCUT2D eigenvalue weighted by Crippen LogP contribution is -2.36. The Morgan fingerprint density at radius 1 is 1.07 bits per heavy atom. The van der Waals surface area contributed by atoms with E-state index in [0.29, 0.717) is 29.9 Å². The molecular formula is C22H20F3N3O2. The first kappa shape index (κ1) is 20.3. The number of benzene rings is 2. The molecule has 8 heteroatoms. The van der Waals surface area contributed by atoms with Gasteiger partial charge in [-0.05, 0) is 29.3 Å². The molecule has 0 saturated heterocycles. The number of nitrogens with one attached hydrogen (secondary N) is 1. The third-order valence-corrected chi connectivity index (χ3v) is 5.28. The molecular weight excluding hydrogens is 395 g/mol. The third kappa shape index (κ3) is 4.15. The van der Waals surface area contributed by atoms with Gasteiger partial charge in [0.25, 0.3) is 0 Å². The minimum absolute atomic E-state index is 0.238. The summed E-state index contributed by atoms with van der Waals surface area (Å²) in [5, 5.41) is 13.6. The molecule has 0 amide bonds. The SMILES string of the molecule is CO[C@H]1Cc2cccc(Nc3cc(-c4ccc(C(F)(F)F)cc4)ncn3)c2C[C@@H]1O. The van der Waals surface area contributed by atoms with Crippen LogP contribution in [-0.2, 0) is 23.8 Å². The average molecular weight is 415 g/mol. The minimum atomic E-state index is -4.38. The molecule has 0 aliphatic heterocycles. The molecule has 5 nitrogen and oxygen atoms in total. The molecule has 30 heavy (non-hydrogen) atoms. The van der Waals surface area contributed by atoms with Gasteiger partial charge in [-0.25, -0.2) is 9.97 Å². The average Bonchev–Trinajstić information content (AvgIpc) is 2.73. The lowest BCUT2D eigenvalue weighted by atomic mass is 9.86. The van der Waals surface area contributed by atoms with Crippen LogP contribution in [0.15, 0.2) is 54.9 Å². The van der Waals surface area contributed by atoms with E-state index in [0.717, 1.165) is 28.9 Å². The van der Waals surface area contributed by atoms with Gasteiger partial charge in [-0.2, -0.15) is 13.2 Å². The smallest absolute Gasteiger partial charge is 0.390 e. The van der Waals surface area contributed by atoms with E-state index in [-0.39, 0.29) is 6.10 Å². The van der Waals surface area contributed by atoms with Crippen LogP contribution in [0.3, 0.4) is 0 Å². The van der Waals surface area contributed by atoms with Crippen molar-refractivity contribution in [2.45, 2.75) is 31.2 Å². The van der Waals surface area contributed by atoms with Crippen LogP contribution in [-0.4, -0.2) is 34.4 Å². The van der Waals surface area contributed by atoms with Gasteiger partial charge < -0.3 is 15.2 Å². The second kappa shape index (κ2) is 8.04. The Kier molecular flexibility index (Phi) is 5.44. The number of nitrogens with zero attached hydrogens (tertiary/aromatic N) is 2. The van der Waals surface area contributed by atoms with Crippen molar-refractivity contribution < 1.29 is 23.0 Å². The summed E-state index contributed by atoms with van der Waals surface area (Å²) in [5.41, 5.74) is 3.26. The summed E-state index contributed by atoms with van der Waals surface area (Å²) >= 11 is 0. The van der Waals surface area contributed by atoms with Crippen molar-refractivity contribution in [1.82, 2.24) is 9.97 Å². The van der Waals surface area contributed by atoms with Crippen LogP contribution in [0.4, 0.5) is 24.7 Å². The van der Waals surface area contributed by atoms with E-state index in [9.17, 15) is 18.3 Å². The standard InChI is InChI=1S/C22H20F3N3O2/c1-30-20-9-14-3-2-4-17(16(14)10-19(20)29)28-21-11-18(26-12-27-21)13-5-7-15(8-6-13)22(23,24)25/h2-8,11-12,19-20,29H,9-10H2,1H3,(H,26,27,28)/t19-,20-/m0/s1. The van der Waals surface area contributed by atoms with Gasteiger partial charge in [-0.1, -0.05) is 24.3 Å². The van der Waals surface area contributed by atoms with Gasteiger partial charge in [0.2, 0.25) is 0 Å². The highest BCUT2D eigenvalue weighted by Gasteiger charge is 2.30. The van der Waals surface area contributed by atoms with Crippen molar-refractivity contribution in [3.63, 3.8) is 0 Å². The fourth-order valence-electron chi connectivity index (χ4n) is 3.67. The van der Waals surface area contributed by atoms with E-state index in [1.54, 1.807) is 13.2 Å². The Bertz CT molecular complexity index is 1040. The molecule has 1 heterocycles. The van der Waals surface area contributed by atoms with Crippen LogP contribution < -0.4 is 5.32 Å². The number of aromatic nitrogens is 2. The van der Waals surface area contributed by atoms with Gasteiger partial charge >= 0.3 is 6.18 Å². The largest absolute Gasteiger partial charge is 0.416 e. The fourth-order valence-corrected chi connectivity index (χ4v) is 3.67. The lowest BCUT2D eigenvalue weighted by Gasteiger charge is -2.30. The van der Waals surface area contributed by atoms with Crippen LogP contribution in [0.2, 0.25) is 0 Å². The van der Waals surface area contributed by atoms with Gasteiger partial charge in [-0.3, -0.25) is 0 Å². The van der Waals surface area contributed by atoms with E-state index in [4.69, 9.17) is 4.74 Å². The maximum absolute atomic E-state index is 12.8. The zero-order valence-corrected chi connectivity index (χ0v) is 16.1. The molecule has 0 bridgehead atoms. The summed E-state index contributed by atoms with van der Waals surface area (Å²) in [6.07, 6.45) is -2.79. The van der Waals surface area contributed by atoms with Crippen molar-refractivity contribution in [2.24, 2.45) is 0 Å². The summed E-state index contributed by atoms with van der Waals surface area (Å²) < 4.78 is 43.7. The monoisotopic (exact) mass is 415 g/mol. The van der Waals surface area contributed by atoms with Crippen molar-refractivity contribution >= 4 is 11.5 Å². The molecule has 2 aromatic carbocycles. The topological polar surface area (TPSA) is 67.3 Å². The zero-order chi connectivity index (χ0) is 21.3. The predicted octanol–water partition coefficient (Wildman–Crippen LogP) is 4.38. The van der Waals surface area contributed by atoms with Crippen LogP contribution in [0.5, 0.6) is 0 Å². The number of halogens is 3. The van der Waals surface area contributed by atoms with Crippen molar-refractivity contribution in [3.05, 3.63) is 71.5 Å². The van der Waals surface area contributed by atoms with Gasteiger partial charge in [-0.15, -0.1) is 0 Å². The van der Waals surface area contributed by atoms with E-state index < -0.39 is 17.8 Å². The molecule has 0 radical (unpaired) electrons. The Morgan fingerprint density at radius 3 is 2.53 bits per heavy atom. The van der Waals surface area contributed by atoms with E-state index >= 15 is 0 Å². The van der Waals surface area contributed by atoms with Gasteiger partial charge in [0.15, 0.2) is 0 Å². The first-order chi connectivity index (χ1) is 14.3. The molecule has 1 aliphatic rings. The number of alkyl halides is 3. The number of ether oxygens (including phenoxy) is 1. The summed E-state index contributed by atoms with van der Waals surface area (Å²) in [6, 6.07) is 12.4. The van der Waals surface area contributed by atoms with Crippen molar-refractivity contribution in [3.8, 4) is 11.3 Å². The van der Waals surface area contributed by atoms with E-state index in [1.165, 1.54) is 18.5 Å². The Hall–Kier alpha value is -2.97. The molecule has 1 aliphatic carbocycles. The molecule has 0 fully saturated rings. The van der Waals surface area contributed by atoms with Crippen LogP contribution >= 0.6 is 0 Å². The van der Waals surface area contributed by atoms with Crippen LogP contribution in [0.25, 0.3) is 11.3 Å². The highest BCUT2D eigenvalue weighted by molar-refractivity contribution is 5.68. The fraction of sp³-hybridized carbons (Fsp3) is 0.273. The van der Waals surface area contributed by atoms with Crippen molar-refractivity contribution in [1.29, 1.82) is 0 Å². The second-order valence-corrected chi connectivity index (χ2v) is 7.18. The number of methoxy groups -OCH3 is 1. The number of anilines is 2. The number of aliphatic hydroxyl groups excluding tert-OH is 1. The summed E-state index contributed by atoms with van der Waals surface area (Å²) in [7, 11) is 1.59. The van der Waals surface area contributed by atoms with Crippen LogP contribution in [0.1, 0.15) is 16.7 Å². The first-order valence-electron chi connectivity index (χ1n) is 9.43. The molecule has 2 atom stereocenters. The predicted molar refractivity (Wildman–Crippen MR) is 106 cm³/mol. The molecule has 2 N–H and O–H groups in total. The molecule has 0 saturated carbocycles. The number of fused-ring (bicyclic) bond motifs is 1. The van der Waals surface area contributed by atoms with Crippen molar-refractivity contribution in [2.75, 3.05) is 12.4 Å². The van der Waals surface area contributed by atoms with Gasteiger partial charge in [0.05, 0.1) is 23.5 Å². The first-order valence-corrected chi connectivity index (χ1v) is 9.43. The van der Waals surface area contributed by atoms with Gasteiger partial charge in [0, 0.05) is 37.3 Å². The number of hydrogen-bond donors (Lipinski definition) is 2. The van der Waals surface area contributed by atoms with Crippen LogP contribution in [0, 0.1) is 0 Å². The zero-order valence-electron chi connectivity index (χ0n) is 16.1. The Balaban J connectivity index is 1.59. The molecule has 0 unspecified atom stereocenters. The Morgan fingerprint density at radius 2 is 1.83 bits per heavy atom. The molecule has 3 aromatic rings. The lowest BCUT2D eigenvalue weighted by molar-refractivity contribution is -0.137. The summed E-state index contributed by atoms with van der Waals surface area (Å²) in [4.78, 5) is 8.40. The van der Waals surface area contributed by atoms with E-state index in [1.807, 2.05) is 18.2 Å². The molecule has 0 spiro atoms. The maximum atomic E-state index is 12.8. The molecule has 1 aromatic heterocycles. The summed E-state index contributed by atoms with van der Waals surface area (Å²) in [5.74, 6) is 0.511. The highest BCUT2D eigenvalue weighted by Crippen LogP contribution is 2.33. The molecule has 156 valence electrons. The summed E-state index contributed by atoms with van der Waals surface area (Å²) in [6.45, 7) is 0. The highest BCUT2D eigenvalue weighted by atomic mass is 19.4.